The van der Waals surface area contributed by atoms with Crippen LogP contribution in [0, 0.1) is 17.0 Å². The fourth-order valence-electron chi connectivity index (χ4n) is 1.37. The lowest BCUT2D eigenvalue weighted by molar-refractivity contribution is -0.384. The number of carboxylic acids is 1. The molecule has 0 aliphatic heterocycles. The van der Waals surface area contributed by atoms with Crippen molar-refractivity contribution in [1.29, 1.82) is 0 Å². The normalized spacial score (nSPS) is 10.4. The first-order valence-electron chi connectivity index (χ1n) is 4.61. The Morgan fingerprint density at radius 3 is 2.59 bits per heavy atom. The minimum absolute atomic E-state index is 0.182. The highest BCUT2D eigenvalue weighted by molar-refractivity contribution is 5.90. The Hall–Kier alpha value is -2.50. The zero-order chi connectivity index (χ0) is 13.0. The van der Waals surface area contributed by atoms with Crippen molar-refractivity contribution in [3.63, 3.8) is 0 Å². The number of hydrogen-bond donors (Lipinski definition) is 1. The molecule has 0 radical (unpaired) electrons. The minimum atomic E-state index is -1.19. The molecule has 1 aromatic carbocycles. The van der Waals surface area contributed by atoms with Crippen molar-refractivity contribution >= 4 is 24.0 Å². The summed E-state index contributed by atoms with van der Waals surface area (Å²) in [4.78, 5) is 31.2. The van der Waals surface area contributed by atoms with E-state index < -0.39 is 10.9 Å². The Labute approximate surface area is 96.3 Å². The maximum absolute atomic E-state index is 10.8. The van der Waals surface area contributed by atoms with E-state index in [0.717, 1.165) is 18.2 Å². The predicted molar refractivity (Wildman–Crippen MR) is 59.9 cm³/mol. The number of aldehydes is 1. The van der Waals surface area contributed by atoms with Crippen molar-refractivity contribution in [3.8, 4) is 0 Å². The monoisotopic (exact) mass is 235 g/mol. The van der Waals surface area contributed by atoms with Crippen LogP contribution in [-0.4, -0.2) is 22.3 Å². The van der Waals surface area contributed by atoms with Crippen LogP contribution in [0.4, 0.5) is 5.69 Å². The topological polar surface area (TPSA) is 97.5 Å². The van der Waals surface area contributed by atoms with Gasteiger partial charge in [0, 0.05) is 23.8 Å². The van der Waals surface area contributed by atoms with Gasteiger partial charge < -0.3 is 5.11 Å². The number of benzene rings is 1. The van der Waals surface area contributed by atoms with E-state index in [1.165, 1.54) is 6.07 Å². The Morgan fingerprint density at radius 1 is 1.47 bits per heavy atom. The fourth-order valence-corrected chi connectivity index (χ4v) is 1.37. The number of aliphatic carboxylic acids is 1. The average Bonchev–Trinajstić information content (AvgIpc) is 2.25. The Kier molecular flexibility index (Phi) is 3.71. The van der Waals surface area contributed by atoms with Gasteiger partial charge in [-0.15, -0.1) is 0 Å². The molecule has 0 heterocycles. The van der Waals surface area contributed by atoms with Crippen molar-refractivity contribution in [2.24, 2.45) is 0 Å². The van der Waals surface area contributed by atoms with Gasteiger partial charge >= 0.3 is 5.97 Å². The zero-order valence-electron chi connectivity index (χ0n) is 8.91. The van der Waals surface area contributed by atoms with Crippen LogP contribution in [0.15, 0.2) is 18.2 Å². The predicted octanol–water partition coefficient (Wildman–Crippen LogP) is 1.81. The van der Waals surface area contributed by atoms with Gasteiger partial charge in [0.1, 0.15) is 0 Å². The summed E-state index contributed by atoms with van der Waals surface area (Å²) in [5.41, 5.74) is 0.708. The highest BCUT2D eigenvalue weighted by Gasteiger charge is 2.12. The lowest BCUT2D eigenvalue weighted by Crippen LogP contribution is -1.96. The van der Waals surface area contributed by atoms with E-state index in [-0.39, 0.29) is 16.8 Å². The highest BCUT2D eigenvalue weighted by atomic mass is 16.6. The number of nitrogens with zero attached hydrogens (tertiary/aromatic N) is 1. The molecule has 88 valence electrons. The zero-order valence-corrected chi connectivity index (χ0v) is 8.91. The van der Waals surface area contributed by atoms with Crippen molar-refractivity contribution in [2.45, 2.75) is 6.92 Å². The molecule has 6 nitrogen and oxygen atoms in total. The number of nitro groups is 1. The second kappa shape index (κ2) is 5.02. The van der Waals surface area contributed by atoms with E-state index in [9.17, 15) is 19.7 Å². The Balaban J connectivity index is 3.38. The second-order valence-corrected chi connectivity index (χ2v) is 3.31. The van der Waals surface area contributed by atoms with Crippen LogP contribution in [0.5, 0.6) is 0 Å². The van der Waals surface area contributed by atoms with Crippen LogP contribution in [0.3, 0.4) is 0 Å². The molecule has 0 aromatic heterocycles. The first-order valence-corrected chi connectivity index (χ1v) is 4.61. The number of hydrogen-bond acceptors (Lipinski definition) is 4. The van der Waals surface area contributed by atoms with Crippen LogP contribution in [0.1, 0.15) is 21.5 Å². The molecule has 17 heavy (non-hydrogen) atoms. The van der Waals surface area contributed by atoms with Gasteiger partial charge in [0.05, 0.1) is 4.92 Å². The fraction of sp³-hybridized carbons (Fsp3) is 0.0909. The van der Waals surface area contributed by atoms with Crippen LogP contribution >= 0.6 is 0 Å². The first kappa shape index (κ1) is 12.6. The molecular weight excluding hydrogens is 226 g/mol. The lowest BCUT2D eigenvalue weighted by Gasteiger charge is -2.03. The summed E-state index contributed by atoms with van der Waals surface area (Å²) >= 11 is 0. The molecule has 0 bridgehead atoms. The number of carboxylic acid groups (broad SMARTS) is 1. The van der Waals surface area contributed by atoms with Gasteiger partial charge in [0.15, 0.2) is 6.29 Å². The molecular formula is C11H9NO5. The number of carbonyl (C=O) groups is 2. The average molecular weight is 235 g/mol. The van der Waals surface area contributed by atoms with Gasteiger partial charge in [-0.1, -0.05) is 0 Å². The van der Waals surface area contributed by atoms with Gasteiger partial charge in [-0.3, -0.25) is 14.9 Å². The molecule has 0 saturated heterocycles. The van der Waals surface area contributed by atoms with Gasteiger partial charge in [-0.05, 0) is 24.1 Å². The van der Waals surface area contributed by atoms with Crippen molar-refractivity contribution in [2.75, 3.05) is 0 Å². The molecule has 1 rings (SSSR count). The lowest BCUT2D eigenvalue weighted by atomic mass is 10.0. The molecule has 0 aliphatic carbocycles. The van der Waals surface area contributed by atoms with E-state index in [2.05, 4.69) is 0 Å². The third-order valence-corrected chi connectivity index (χ3v) is 2.14. The van der Waals surface area contributed by atoms with E-state index in [4.69, 9.17) is 5.11 Å². The molecule has 1 N–H and O–H groups in total. The molecule has 0 amide bonds. The highest BCUT2D eigenvalue weighted by Crippen LogP contribution is 2.22. The van der Waals surface area contributed by atoms with Crippen molar-refractivity contribution in [1.82, 2.24) is 0 Å². The molecule has 0 atom stereocenters. The largest absolute Gasteiger partial charge is 0.478 e. The Morgan fingerprint density at radius 2 is 2.12 bits per heavy atom. The number of nitro benzene ring substituents is 1. The second-order valence-electron chi connectivity index (χ2n) is 3.31. The molecule has 0 unspecified atom stereocenters. The summed E-state index contributed by atoms with van der Waals surface area (Å²) in [6, 6.07) is 2.43. The molecule has 0 aliphatic rings. The third-order valence-electron chi connectivity index (χ3n) is 2.14. The quantitative estimate of drug-likeness (QED) is 0.371. The van der Waals surface area contributed by atoms with Crippen LogP contribution in [-0.2, 0) is 4.79 Å². The number of non-ortho nitro benzene ring substituents is 1. The summed E-state index contributed by atoms with van der Waals surface area (Å²) < 4.78 is 0. The van der Waals surface area contributed by atoms with Crippen molar-refractivity contribution < 1.29 is 19.6 Å². The molecule has 0 saturated carbocycles. The smallest absolute Gasteiger partial charge is 0.328 e. The van der Waals surface area contributed by atoms with Gasteiger partial charge in [0.25, 0.3) is 5.69 Å². The molecule has 6 heteroatoms. The third kappa shape index (κ3) is 2.97. The van der Waals surface area contributed by atoms with E-state index in [0.29, 0.717) is 11.8 Å². The number of carbonyl (C=O) groups excluding carboxylic acids is 1. The molecule has 1 aromatic rings. The summed E-state index contributed by atoms with van der Waals surface area (Å²) in [6.45, 7) is 1.55. The maximum Gasteiger partial charge on any atom is 0.328 e. The minimum Gasteiger partial charge on any atom is -0.478 e. The van der Waals surface area contributed by atoms with Gasteiger partial charge in [0.2, 0.25) is 0 Å². The Bertz CT molecular complexity index is 519. The number of rotatable bonds is 4. The van der Waals surface area contributed by atoms with E-state index in [1.54, 1.807) is 6.92 Å². The van der Waals surface area contributed by atoms with Crippen LogP contribution in [0.25, 0.3) is 6.08 Å². The SMILES string of the molecule is Cc1cc([N+](=O)[O-])cc(/C=C/C(=O)O)c1C=O. The van der Waals surface area contributed by atoms with Gasteiger partial charge in [-0.2, -0.15) is 0 Å². The standard InChI is InChI=1S/C11H9NO5/c1-7-4-9(12(16)17)5-8(10(7)6-13)2-3-11(14)15/h2-6H,1H3,(H,14,15)/b3-2+. The summed E-state index contributed by atoms with van der Waals surface area (Å²) in [7, 11) is 0. The summed E-state index contributed by atoms with van der Waals surface area (Å²) in [5.74, 6) is -1.19. The summed E-state index contributed by atoms with van der Waals surface area (Å²) in [6.07, 6.45) is 2.53. The van der Waals surface area contributed by atoms with Gasteiger partial charge in [-0.25, -0.2) is 4.79 Å². The first-order chi connectivity index (χ1) is 7.95. The number of aryl methyl sites for hydroxylation is 1. The van der Waals surface area contributed by atoms with E-state index >= 15 is 0 Å². The molecule has 0 spiro atoms. The maximum atomic E-state index is 10.8. The van der Waals surface area contributed by atoms with Crippen LogP contribution < -0.4 is 0 Å². The van der Waals surface area contributed by atoms with Crippen LogP contribution in [0.2, 0.25) is 0 Å². The molecule has 0 fully saturated rings. The summed E-state index contributed by atoms with van der Waals surface area (Å²) in [5, 5.41) is 19.1. The van der Waals surface area contributed by atoms with Crippen molar-refractivity contribution in [3.05, 3.63) is 45.0 Å². The van der Waals surface area contributed by atoms with E-state index in [1.807, 2.05) is 0 Å².